The predicted molar refractivity (Wildman–Crippen MR) is 124 cm³/mol. The van der Waals surface area contributed by atoms with Crippen molar-refractivity contribution < 1.29 is 19.0 Å². The number of carbonyl (C=O) groups is 1. The number of halogens is 3. The summed E-state index contributed by atoms with van der Waals surface area (Å²) in [6.45, 7) is 2.07. The minimum atomic E-state index is -1.10. The van der Waals surface area contributed by atoms with Crippen LogP contribution in [0.25, 0.3) is 17.1 Å². The van der Waals surface area contributed by atoms with Crippen molar-refractivity contribution in [2.75, 3.05) is 0 Å². The summed E-state index contributed by atoms with van der Waals surface area (Å²) >= 11 is 9.65. The summed E-state index contributed by atoms with van der Waals surface area (Å²) in [6, 6.07) is 18.5. The molecule has 1 N–H and O–H groups in total. The lowest BCUT2D eigenvalue weighted by molar-refractivity contribution is 0.0690. The largest absolute Gasteiger partial charge is 0.488 e. The standard InChI is InChI=1S/C24H17BrClFN2O3/c1-14-5-9-21(29(14)23-4-2-3-20(28-23)24(30)31)18-11-16(25)7-10-22(18)32-13-15-6-8-17(27)12-19(15)26/h2-12H,13H2,1H3,(H,30,31). The number of pyridine rings is 1. The number of benzene rings is 2. The lowest BCUT2D eigenvalue weighted by Gasteiger charge is -2.16. The lowest BCUT2D eigenvalue weighted by atomic mass is 10.1. The highest BCUT2D eigenvalue weighted by atomic mass is 79.9. The highest BCUT2D eigenvalue weighted by Crippen LogP contribution is 2.36. The van der Waals surface area contributed by atoms with Crippen molar-refractivity contribution in [3.63, 3.8) is 0 Å². The molecule has 32 heavy (non-hydrogen) atoms. The van der Waals surface area contributed by atoms with Crippen LogP contribution in [0.4, 0.5) is 4.39 Å². The first kappa shape index (κ1) is 22.0. The Kier molecular flexibility index (Phi) is 6.30. The van der Waals surface area contributed by atoms with Crippen molar-refractivity contribution in [2.24, 2.45) is 0 Å². The first-order valence-corrected chi connectivity index (χ1v) is 10.8. The molecule has 0 unspecified atom stereocenters. The summed E-state index contributed by atoms with van der Waals surface area (Å²) in [4.78, 5) is 15.7. The normalized spacial score (nSPS) is 10.9. The highest BCUT2D eigenvalue weighted by Gasteiger charge is 2.17. The minimum Gasteiger partial charge on any atom is -0.488 e. The van der Waals surface area contributed by atoms with Crippen LogP contribution in [0.15, 0.2) is 71.2 Å². The third-order valence-electron chi connectivity index (χ3n) is 4.87. The molecule has 162 valence electrons. The van der Waals surface area contributed by atoms with Crippen LogP contribution < -0.4 is 4.74 Å². The quantitative estimate of drug-likeness (QED) is 0.311. The molecular weight excluding hydrogens is 499 g/mol. The number of rotatable bonds is 6. The minimum absolute atomic E-state index is 0.0433. The highest BCUT2D eigenvalue weighted by molar-refractivity contribution is 9.10. The van der Waals surface area contributed by atoms with Gasteiger partial charge in [0.1, 0.15) is 24.0 Å². The van der Waals surface area contributed by atoms with Crippen LogP contribution in [0, 0.1) is 12.7 Å². The number of aromatic nitrogens is 2. The van der Waals surface area contributed by atoms with Crippen molar-refractivity contribution in [1.29, 1.82) is 0 Å². The van der Waals surface area contributed by atoms with Gasteiger partial charge in [-0.3, -0.25) is 4.57 Å². The van der Waals surface area contributed by atoms with Crippen LogP contribution in [-0.4, -0.2) is 20.6 Å². The molecule has 0 spiro atoms. The zero-order chi connectivity index (χ0) is 22.8. The van der Waals surface area contributed by atoms with E-state index >= 15 is 0 Å². The van der Waals surface area contributed by atoms with E-state index in [1.807, 2.05) is 41.8 Å². The summed E-state index contributed by atoms with van der Waals surface area (Å²) in [6.07, 6.45) is 0. The molecule has 0 saturated carbocycles. The van der Waals surface area contributed by atoms with Gasteiger partial charge < -0.3 is 9.84 Å². The molecule has 8 heteroatoms. The molecule has 2 aromatic heterocycles. The van der Waals surface area contributed by atoms with Crippen molar-refractivity contribution in [1.82, 2.24) is 9.55 Å². The second-order valence-corrected chi connectivity index (χ2v) is 8.37. The first-order chi connectivity index (χ1) is 15.3. The summed E-state index contributed by atoms with van der Waals surface area (Å²) < 4.78 is 22.1. The van der Waals surface area contributed by atoms with E-state index in [4.69, 9.17) is 16.3 Å². The Hall–Kier alpha value is -3.16. The average Bonchev–Trinajstić information content (AvgIpc) is 3.15. The molecular formula is C24H17BrClFN2O3. The molecule has 4 aromatic rings. The maximum atomic E-state index is 13.4. The Morgan fingerprint density at radius 3 is 2.72 bits per heavy atom. The summed E-state index contributed by atoms with van der Waals surface area (Å²) in [7, 11) is 0. The lowest BCUT2D eigenvalue weighted by Crippen LogP contribution is -2.07. The first-order valence-electron chi connectivity index (χ1n) is 9.59. The molecule has 2 aromatic carbocycles. The molecule has 5 nitrogen and oxygen atoms in total. The van der Waals surface area contributed by atoms with Gasteiger partial charge in [0.2, 0.25) is 0 Å². The van der Waals surface area contributed by atoms with Gasteiger partial charge in [0.25, 0.3) is 0 Å². The fourth-order valence-corrected chi connectivity index (χ4v) is 3.93. The molecule has 0 atom stereocenters. The molecule has 0 amide bonds. The van der Waals surface area contributed by atoms with Crippen molar-refractivity contribution in [2.45, 2.75) is 13.5 Å². The van der Waals surface area contributed by atoms with Crippen LogP contribution in [-0.2, 0) is 6.61 Å². The van der Waals surface area contributed by atoms with Crippen molar-refractivity contribution in [3.05, 3.63) is 99.0 Å². The number of aryl methyl sites for hydroxylation is 1. The second-order valence-electron chi connectivity index (χ2n) is 7.05. The van der Waals surface area contributed by atoms with Crippen LogP contribution >= 0.6 is 27.5 Å². The van der Waals surface area contributed by atoms with Gasteiger partial charge in [-0.1, -0.05) is 39.7 Å². The zero-order valence-electron chi connectivity index (χ0n) is 16.8. The van der Waals surface area contributed by atoms with Crippen LogP contribution in [0.2, 0.25) is 5.02 Å². The fraction of sp³-hybridized carbons (Fsp3) is 0.0833. The number of carboxylic acids is 1. The van der Waals surface area contributed by atoms with Crippen LogP contribution in [0.5, 0.6) is 5.75 Å². The van der Waals surface area contributed by atoms with Gasteiger partial charge in [-0.2, -0.15) is 0 Å². The Morgan fingerprint density at radius 1 is 1.16 bits per heavy atom. The molecule has 0 bridgehead atoms. The molecule has 2 heterocycles. The van der Waals surface area contributed by atoms with Crippen LogP contribution in [0.3, 0.4) is 0 Å². The third-order valence-corrected chi connectivity index (χ3v) is 5.72. The molecule has 0 fully saturated rings. The number of ether oxygens (including phenoxy) is 1. The number of hydrogen-bond acceptors (Lipinski definition) is 3. The topological polar surface area (TPSA) is 64.3 Å². The van der Waals surface area contributed by atoms with Gasteiger partial charge in [-0.15, -0.1) is 0 Å². The Morgan fingerprint density at radius 2 is 1.97 bits per heavy atom. The van der Waals surface area contributed by atoms with E-state index in [0.717, 1.165) is 21.4 Å². The number of hydrogen-bond donors (Lipinski definition) is 1. The van der Waals surface area contributed by atoms with E-state index in [0.29, 0.717) is 17.1 Å². The summed E-state index contributed by atoms with van der Waals surface area (Å²) in [5, 5.41) is 9.62. The smallest absolute Gasteiger partial charge is 0.354 e. The van der Waals surface area contributed by atoms with Gasteiger partial charge in [0.05, 0.1) is 10.7 Å². The van der Waals surface area contributed by atoms with Gasteiger partial charge in [0.15, 0.2) is 5.69 Å². The van der Waals surface area contributed by atoms with Gasteiger partial charge >= 0.3 is 5.97 Å². The Balaban J connectivity index is 1.76. The summed E-state index contributed by atoms with van der Waals surface area (Å²) in [5.41, 5.74) is 3.04. The fourth-order valence-electron chi connectivity index (χ4n) is 3.34. The molecule has 0 radical (unpaired) electrons. The van der Waals surface area contributed by atoms with E-state index in [1.54, 1.807) is 18.2 Å². The zero-order valence-corrected chi connectivity index (χ0v) is 19.2. The number of aromatic carboxylic acids is 1. The average molecular weight is 516 g/mol. The second kappa shape index (κ2) is 9.14. The SMILES string of the molecule is Cc1ccc(-c2cc(Br)ccc2OCc2ccc(F)cc2Cl)n1-c1cccc(C(=O)O)n1. The van der Waals surface area contributed by atoms with Crippen LogP contribution in [0.1, 0.15) is 21.7 Å². The van der Waals surface area contributed by atoms with Gasteiger partial charge in [0, 0.05) is 21.3 Å². The predicted octanol–water partition coefficient (Wildman–Crippen LogP) is 6.68. The van der Waals surface area contributed by atoms with Crippen molar-refractivity contribution >= 4 is 33.5 Å². The Bertz CT molecular complexity index is 1320. The van der Waals surface area contributed by atoms with Gasteiger partial charge in [-0.05, 0) is 61.5 Å². The molecule has 0 saturated heterocycles. The van der Waals surface area contributed by atoms with E-state index in [-0.39, 0.29) is 17.3 Å². The van der Waals surface area contributed by atoms with Gasteiger partial charge in [-0.25, -0.2) is 14.2 Å². The molecule has 0 aliphatic heterocycles. The maximum absolute atomic E-state index is 13.4. The monoisotopic (exact) mass is 514 g/mol. The molecule has 0 aliphatic carbocycles. The Labute approximate surface area is 197 Å². The maximum Gasteiger partial charge on any atom is 0.354 e. The van der Waals surface area contributed by atoms with E-state index in [1.165, 1.54) is 18.2 Å². The van der Waals surface area contributed by atoms with E-state index in [2.05, 4.69) is 20.9 Å². The number of carboxylic acid groups (broad SMARTS) is 1. The number of nitrogens with zero attached hydrogens (tertiary/aromatic N) is 2. The molecule has 4 rings (SSSR count). The molecule has 0 aliphatic rings. The van der Waals surface area contributed by atoms with Crippen molar-refractivity contribution in [3.8, 4) is 22.8 Å². The van der Waals surface area contributed by atoms with E-state index < -0.39 is 11.8 Å². The summed E-state index contributed by atoms with van der Waals surface area (Å²) in [5.74, 6) is -0.439. The third kappa shape index (κ3) is 4.54. The van der Waals surface area contributed by atoms with E-state index in [9.17, 15) is 14.3 Å².